The van der Waals surface area contributed by atoms with Gasteiger partial charge in [0, 0.05) is 21.8 Å². The largest absolute Gasteiger partial charge is 0.389 e. The predicted molar refractivity (Wildman–Crippen MR) is 81.7 cm³/mol. The summed E-state index contributed by atoms with van der Waals surface area (Å²) in [6, 6.07) is 5.72. The molecule has 0 saturated carbocycles. The number of anilines is 1. The highest BCUT2D eigenvalue weighted by Gasteiger charge is 2.19. The molecule has 0 bridgehead atoms. The zero-order valence-corrected chi connectivity index (χ0v) is 12.7. The number of halogens is 1. The van der Waals surface area contributed by atoms with Crippen LogP contribution in [0.15, 0.2) is 22.7 Å². The number of nitrogens with two attached hydrogens (primary N) is 2. The molecular weight excluding hydrogens is 314 g/mol. The third-order valence-corrected chi connectivity index (χ3v) is 3.36. The van der Waals surface area contributed by atoms with Crippen molar-refractivity contribution >= 4 is 44.7 Å². The van der Waals surface area contributed by atoms with Crippen LogP contribution in [-0.2, 0) is 4.79 Å². The van der Waals surface area contributed by atoms with Gasteiger partial charge < -0.3 is 16.4 Å². The molecule has 0 radical (unpaired) electrons. The average molecular weight is 330 g/mol. The molecule has 98 valence electrons. The van der Waals surface area contributed by atoms with Crippen LogP contribution in [-0.4, -0.2) is 23.5 Å². The van der Waals surface area contributed by atoms with Gasteiger partial charge in [0.25, 0.3) is 0 Å². The number of hydrogen-bond acceptors (Lipinski definition) is 3. The second-order valence-corrected chi connectivity index (χ2v) is 5.48. The number of primary amides is 1. The molecule has 0 atom stereocenters. The van der Waals surface area contributed by atoms with Crippen LogP contribution in [0.5, 0.6) is 0 Å². The minimum absolute atomic E-state index is 0.111. The molecular formula is C12H16BrN3OS. The Morgan fingerprint density at radius 3 is 2.50 bits per heavy atom. The Morgan fingerprint density at radius 1 is 1.44 bits per heavy atom. The van der Waals surface area contributed by atoms with Crippen LogP contribution in [0.2, 0.25) is 0 Å². The summed E-state index contributed by atoms with van der Waals surface area (Å²) in [5.41, 5.74) is 12.6. The molecule has 0 saturated heterocycles. The fourth-order valence-electron chi connectivity index (χ4n) is 1.71. The van der Waals surface area contributed by atoms with Crippen LogP contribution in [0.25, 0.3) is 0 Å². The smallest absolute Gasteiger partial charge is 0.236 e. The van der Waals surface area contributed by atoms with E-state index in [2.05, 4.69) is 15.9 Å². The molecule has 4 N–H and O–H groups in total. The minimum atomic E-state index is -0.391. The maximum atomic E-state index is 11.2. The number of carbonyl (C=O) groups excluding carboxylic acids is 1. The summed E-state index contributed by atoms with van der Waals surface area (Å²) in [6.45, 7) is 4.09. The third kappa shape index (κ3) is 3.43. The number of thiocarbonyl (C=S) groups is 1. The van der Waals surface area contributed by atoms with Gasteiger partial charge in [0.05, 0.1) is 6.54 Å². The van der Waals surface area contributed by atoms with Crippen LogP contribution in [0.4, 0.5) is 5.69 Å². The fourth-order valence-corrected chi connectivity index (χ4v) is 2.62. The van der Waals surface area contributed by atoms with E-state index in [-0.39, 0.29) is 17.6 Å². The summed E-state index contributed by atoms with van der Waals surface area (Å²) in [5, 5.41) is 0. The van der Waals surface area contributed by atoms with Gasteiger partial charge in [-0.25, -0.2) is 0 Å². The second kappa shape index (κ2) is 6.15. The van der Waals surface area contributed by atoms with E-state index in [1.165, 1.54) is 0 Å². The zero-order valence-electron chi connectivity index (χ0n) is 10.3. The Morgan fingerprint density at radius 2 is 2.06 bits per heavy atom. The van der Waals surface area contributed by atoms with Crippen molar-refractivity contribution in [3.05, 3.63) is 28.2 Å². The summed E-state index contributed by atoms with van der Waals surface area (Å²) in [7, 11) is 0. The SMILES string of the molecule is CC(C)N(CC(N)=O)c1cccc(Br)c1C(N)=S. The van der Waals surface area contributed by atoms with Crippen molar-refractivity contribution in [2.24, 2.45) is 11.5 Å². The Balaban J connectivity index is 3.32. The Kier molecular flexibility index (Phi) is 5.10. The molecule has 1 rings (SSSR count). The lowest BCUT2D eigenvalue weighted by Gasteiger charge is -2.29. The highest BCUT2D eigenvalue weighted by molar-refractivity contribution is 9.10. The highest BCUT2D eigenvalue weighted by atomic mass is 79.9. The molecule has 0 unspecified atom stereocenters. The summed E-state index contributed by atoms with van der Waals surface area (Å²) in [6.07, 6.45) is 0. The van der Waals surface area contributed by atoms with E-state index in [0.717, 1.165) is 15.7 Å². The molecule has 4 nitrogen and oxygen atoms in total. The van der Waals surface area contributed by atoms with Crippen molar-refractivity contribution in [2.75, 3.05) is 11.4 Å². The number of rotatable bonds is 5. The van der Waals surface area contributed by atoms with Gasteiger partial charge >= 0.3 is 0 Å². The lowest BCUT2D eigenvalue weighted by atomic mass is 10.1. The summed E-state index contributed by atoms with van der Waals surface area (Å²) in [5.74, 6) is -0.391. The molecule has 18 heavy (non-hydrogen) atoms. The third-order valence-electron chi connectivity index (χ3n) is 2.50. The molecule has 0 aliphatic rings. The van der Waals surface area contributed by atoms with E-state index in [0.29, 0.717) is 0 Å². The topological polar surface area (TPSA) is 72.3 Å². The predicted octanol–water partition coefficient (Wildman–Crippen LogP) is 1.78. The first-order chi connectivity index (χ1) is 8.34. The quantitative estimate of drug-likeness (QED) is 0.808. The Bertz CT molecular complexity index is 476. The number of hydrogen-bond donors (Lipinski definition) is 2. The Hall–Kier alpha value is -1.14. The van der Waals surface area contributed by atoms with Gasteiger partial charge in [0.1, 0.15) is 4.99 Å². The fraction of sp³-hybridized carbons (Fsp3) is 0.333. The van der Waals surface area contributed by atoms with Crippen LogP contribution >= 0.6 is 28.1 Å². The summed E-state index contributed by atoms with van der Waals surface area (Å²) < 4.78 is 0.808. The van der Waals surface area contributed by atoms with Crippen LogP contribution in [0, 0.1) is 0 Å². The molecule has 0 aliphatic carbocycles. The van der Waals surface area contributed by atoms with Gasteiger partial charge in [-0.2, -0.15) is 0 Å². The number of carbonyl (C=O) groups is 1. The average Bonchev–Trinajstić information content (AvgIpc) is 2.24. The molecule has 6 heteroatoms. The molecule has 0 aliphatic heterocycles. The number of benzene rings is 1. The molecule has 1 aromatic carbocycles. The van der Waals surface area contributed by atoms with Crippen molar-refractivity contribution in [1.29, 1.82) is 0 Å². The van der Waals surface area contributed by atoms with Crippen molar-refractivity contribution in [1.82, 2.24) is 0 Å². The van der Waals surface area contributed by atoms with Gasteiger partial charge in [-0.15, -0.1) is 0 Å². The van der Waals surface area contributed by atoms with Crippen molar-refractivity contribution in [3.8, 4) is 0 Å². The summed E-state index contributed by atoms with van der Waals surface area (Å²) >= 11 is 8.48. The van der Waals surface area contributed by atoms with Crippen molar-refractivity contribution in [2.45, 2.75) is 19.9 Å². The first-order valence-electron chi connectivity index (χ1n) is 5.47. The summed E-state index contributed by atoms with van der Waals surface area (Å²) in [4.78, 5) is 13.3. The van der Waals surface area contributed by atoms with Gasteiger partial charge in [-0.05, 0) is 41.9 Å². The van der Waals surface area contributed by atoms with E-state index in [1.54, 1.807) is 0 Å². The molecule has 1 aromatic rings. The van der Waals surface area contributed by atoms with Gasteiger partial charge in [-0.3, -0.25) is 4.79 Å². The van der Waals surface area contributed by atoms with Crippen molar-refractivity contribution < 1.29 is 4.79 Å². The van der Waals surface area contributed by atoms with Crippen LogP contribution in [0.3, 0.4) is 0 Å². The van der Waals surface area contributed by atoms with Gasteiger partial charge in [0.2, 0.25) is 5.91 Å². The van der Waals surface area contributed by atoms with Crippen molar-refractivity contribution in [3.63, 3.8) is 0 Å². The van der Waals surface area contributed by atoms with Crippen LogP contribution < -0.4 is 16.4 Å². The number of amides is 1. The maximum absolute atomic E-state index is 11.2. The minimum Gasteiger partial charge on any atom is -0.389 e. The molecule has 0 fully saturated rings. The maximum Gasteiger partial charge on any atom is 0.236 e. The van der Waals surface area contributed by atoms with E-state index in [9.17, 15) is 4.79 Å². The van der Waals surface area contributed by atoms with E-state index < -0.39 is 5.91 Å². The Labute approximate surface area is 120 Å². The lowest BCUT2D eigenvalue weighted by molar-refractivity contribution is -0.116. The number of nitrogens with zero attached hydrogens (tertiary/aromatic N) is 1. The highest BCUT2D eigenvalue weighted by Crippen LogP contribution is 2.29. The van der Waals surface area contributed by atoms with Gasteiger partial charge in [-0.1, -0.05) is 18.3 Å². The van der Waals surface area contributed by atoms with Crippen LogP contribution in [0.1, 0.15) is 19.4 Å². The van der Waals surface area contributed by atoms with Gasteiger partial charge in [0.15, 0.2) is 0 Å². The molecule has 0 spiro atoms. The van der Waals surface area contributed by atoms with E-state index in [4.69, 9.17) is 23.7 Å². The second-order valence-electron chi connectivity index (χ2n) is 4.19. The zero-order chi connectivity index (χ0) is 13.9. The molecule has 0 heterocycles. The lowest BCUT2D eigenvalue weighted by Crippen LogP contribution is -2.39. The molecule has 0 aromatic heterocycles. The normalized spacial score (nSPS) is 10.4. The molecule has 1 amide bonds. The first kappa shape index (κ1) is 14.9. The first-order valence-corrected chi connectivity index (χ1v) is 6.68. The standard InChI is InChI=1S/C12H16BrN3OS/c1-7(2)16(6-10(14)17)9-5-3-4-8(13)11(9)12(15)18/h3-5,7H,6H2,1-2H3,(H2,14,17)(H2,15,18). The monoisotopic (exact) mass is 329 g/mol. The van der Waals surface area contributed by atoms with E-state index >= 15 is 0 Å². The van der Waals surface area contributed by atoms with E-state index in [1.807, 2.05) is 36.9 Å².